The second kappa shape index (κ2) is 2.72. The van der Waals surface area contributed by atoms with Gasteiger partial charge in [0.05, 0.1) is 0 Å². The highest BCUT2D eigenvalue weighted by Gasteiger charge is 2.51. The van der Waals surface area contributed by atoms with Gasteiger partial charge in [-0.1, -0.05) is 0 Å². The highest BCUT2D eigenvalue weighted by atomic mass is 16.5. The van der Waals surface area contributed by atoms with Gasteiger partial charge in [0.2, 0.25) is 0 Å². The molecule has 0 heterocycles. The highest BCUT2D eigenvalue weighted by molar-refractivity contribution is 5.84. The van der Waals surface area contributed by atoms with Crippen molar-refractivity contribution in [1.82, 2.24) is 0 Å². The van der Waals surface area contributed by atoms with Crippen LogP contribution in [0.4, 0.5) is 0 Å². The second-order valence-corrected chi connectivity index (χ2v) is 5.20. The topological polar surface area (TPSA) is 52.3 Å². The van der Waals surface area contributed by atoms with Crippen LogP contribution in [-0.2, 0) is 9.53 Å². The van der Waals surface area contributed by atoms with Crippen molar-refractivity contribution in [3.8, 4) is 0 Å². The molecule has 3 aliphatic carbocycles. The van der Waals surface area contributed by atoms with Crippen molar-refractivity contribution in [1.29, 1.82) is 0 Å². The van der Waals surface area contributed by atoms with Gasteiger partial charge in [-0.25, -0.2) is 0 Å². The molecule has 0 aliphatic heterocycles. The molecule has 14 heavy (non-hydrogen) atoms. The van der Waals surface area contributed by atoms with Crippen LogP contribution in [-0.4, -0.2) is 17.6 Å². The minimum atomic E-state index is -0.595. The zero-order valence-corrected chi connectivity index (χ0v) is 8.37. The number of esters is 1. The summed E-state index contributed by atoms with van der Waals surface area (Å²) >= 11 is 0. The second-order valence-electron chi connectivity index (χ2n) is 5.20. The zero-order valence-electron chi connectivity index (χ0n) is 8.37. The van der Waals surface area contributed by atoms with Gasteiger partial charge >= 0.3 is 5.97 Å². The first-order valence-corrected chi connectivity index (χ1v) is 5.69. The van der Waals surface area contributed by atoms with Gasteiger partial charge in [0.1, 0.15) is 11.6 Å². The molecule has 3 fully saturated rings. The third kappa shape index (κ3) is 1.54. The summed E-state index contributed by atoms with van der Waals surface area (Å²) in [5, 5.41) is 0. The summed E-state index contributed by atoms with van der Waals surface area (Å²) in [5.41, 5.74) is 5.21. The van der Waals surface area contributed by atoms with Gasteiger partial charge in [-0.2, -0.15) is 0 Å². The van der Waals surface area contributed by atoms with E-state index >= 15 is 0 Å². The number of carbonyl (C=O) groups excluding carboxylic acids is 1. The molecule has 78 valence electrons. The fraction of sp³-hybridized carbons (Fsp3) is 0.909. The first-order chi connectivity index (χ1) is 6.69. The Hall–Kier alpha value is -0.570. The molecule has 3 saturated carbocycles. The van der Waals surface area contributed by atoms with Crippen LogP contribution in [0.25, 0.3) is 0 Å². The van der Waals surface area contributed by atoms with Crippen molar-refractivity contribution >= 4 is 5.97 Å². The van der Waals surface area contributed by atoms with Crippen LogP contribution in [0, 0.1) is 11.8 Å². The standard InChI is InChI=1S/C11H17NO2/c12-11(5-6-11)10(13)14-9(7-1-2-7)8-3-4-8/h7-9H,1-6,12H2. The van der Waals surface area contributed by atoms with E-state index in [1.807, 2.05) is 0 Å². The maximum atomic E-state index is 11.7. The Morgan fingerprint density at radius 3 is 2.07 bits per heavy atom. The fourth-order valence-corrected chi connectivity index (χ4v) is 2.01. The SMILES string of the molecule is NC1(C(=O)OC(C2CC2)C2CC2)CC1. The highest BCUT2D eigenvalue weighted by Crippen LogP contribution is 2.47. The molecule has 3 nitrogen and oxygen atoms in total. The summed E-state index contributed by atoms with van der Waals surface area (Å²) in [4.78, 5) is 11.7. The lowest BCUT2D eigenvalue weighted by molar-refractivity contribution is -0.154. The maximum Gasteiger partial charge on any atom is 0.326 e. The summed E-state index contributed by atoms with van der Waals surface area (Å²) in [7, 11) is 0. The van der Waals surface area contributed by atoms with Gasteiger partial charge in [-0.15, -0.1) is 0 Å². The Labute approximate surface area is 84.0 Å². The first kappa shape index (κ1) is 8.72. The van der Waals surface area contributed by atoms with Crippen molar-refractivity contribution < 1.29 is 9.53 Å². The molecule has 3 rings (SSSR count). The van der Waals surface area contributed by atoms with Crippen LogP contribution >= 0.6 is 0 Å². The molecule has 0 aromatic rings. The van der Waals surface area contributed by atoms with E-state index in [-0.39, 0.29) is 12.1 Å². The Balaban J connectivity index is 1.60. The zero-order chi connectivity index (χ0) is 9.76. The Morgan fingerprint density at radius 2 is 1.71 bits per heavy atom. The summed E-state index contributed by atoms with van der Waals surface area (Å²) < 4.78 is 5.56. The molecule has 0 radical (unpaired) electrons. The number of nitrogens with two attached hydrogens (primary N) is 1. The summed E-state index contributed by atoms with van der Waals surface area (Å²) in [5.74, 6) is 1.18. The molecular formula is C11H17NO2. The van der Waals surface area contributed by atoms with Gasteiger partial charge in [0.25, 0.3) is 0 Å². The number of hydrogen-bond donors (Lipinski definition) is 1. The molecule has 3 aliphatic rings. The smallest absolute Gasteiger partial charge is 0.326 e. The maximum absolute atomic E-state index is 11.7. The minimum Gasteiger partial charge on any atom is -0.460 e. The van der Waals surface area contributed by atoms with E-state index in [4.69, 9.17) is 10.5 Å². The quantitative estimate of drug-likeness (QED) is 0.686. The molecule has 0 unspecified atom stereocenters. The van der Waals surface area contributed by atoms with Crippen LogP contribution in [0.15, 0.2) is 0 Å². The molecule has 0 amide bonds. The third-order valence-electron chi connectivity index (χ3n) is 3.61. The lowest BCUT2D eigenvalue weighted by atomic mass is 10.1. The Morgan fingerprint density at radius 1 is 1.21 bits per heavy atom. The normalized spacial score (nSPS) is 29.0. The first-order valence-electron chi connectivity index (χ1n) is 5.69. The molecule has 3 heteroatoms. The van der Waals surface area contributed by atoms with Gasteiger partial charge in [-0.05, 0) is 50.4 Å². The van der Waals surface area contributed by atoms with Crippen molar-refractivity contribution in [3.05, 3.63) is 0 Å². The molecular weight excluding hydrogens is 178 g/mol. The van der Waals surface area contributed by atoms with Crippen LogP contribution in [0.5, 0.6) is 0 Å². The molecule has 0 saturated heterocycles. The van der Waals surface area contributed by atoms with E-state index in [0.717, 1.165) is 12.8 Å². The third-order valence-corrected chi connectivity index (χ3v) is 3.61. The van der Waals surface area contributed by atoms with Gasteiger partial charge in [0, 0.05) is 0 Å². The molecule has 0 spiro atoms. The van der Waals surface area contributed by atoms with Crippen molar-refractivity contribution in [2.45, 2.75) is 50.2 Å². The Kier molecular flexibility index (Phi) is 1.69. The van der Waals surface area contributed by atoms with Crippen LogP contribution in [0.3, 0.4) is 0 Å². The van der Waals surface area contributed by atoms with E-state index in [0.29, 0.717) is 11.8 Å². The number of rotatable bonds is 4. The average molecular weight is 195 g/mol. The van der Waals surface area contributed by atoms with E-state index in [2.05, 4.69) is 0 Å². The summed E-state index contributed by atoms with van der Waals surface area (Å²) in [6.45, 7) is 0. The predicted octanol–water partition coefficient (Wildman–Crippen LogP) is 1.21. The van der Waals surface area contributed by atoms with Crippen molar-refractivity contribution in [2.75, 3.05) is 0 Å². The molecule has 0 bridgehead atoms. The minimum absolute atomic E-state index is 0.138. The molecule has 0 aromatic heterocycles. The molecule has 0 aromatic carbocycles. The van der Waals surface area contributed by atoms with E-state index in [9.17, 15) is 4.79 Å². The van der Waals surface area contributed by atoms with Crippen LogP contribution < -0.4 is 5.73 Å². The molecule has 2 N–H and O–H groups in total. The molecule has 0 atom stereocenters. The predicted molar refractivity (Wildman–Crippen MR) is 51.5 cm³/mol. The monoisotopic (exact) mass is 195 g/mol. The van der Waals surface area contributed by atoms with Crippen molar-refractivity contribution in [2.24, 2.45) is 17.6 Å². The summed E-state index contributed by atoms with van der Waals surface area (Å²) in [6, 6.07) is 0. The Bertz CT molecular complexity index is 252. The van der Waals surface area contributed by atoms with Crippen molar-refractivity contribution in [3.63, 3.8) is 0 Å². The van der Waals surface area contributed by atoms with Gasteiger partial charge < -0.3 is 10.5 Å². The lowest BCUT2D eigenvalue weighted by Gasteiger charge is -2.19. The summed E-state index contributed by atoms with van der Waals surface area (Å²) in [6.07, 6.45) is 6.81. The van der Waals surface area contributed by atoms with Gasteiger partial charge in [0.15, 0.2) is 0 Å². The number of hydrogen-bond acceptors (Lipinski definition) is 3. The lowest BCUT2D eigenvalue weighted by Crippen LogP contribution is -2.38. The van der Waals surface area contributed by atoms with E-state index < -0.39 is 5.54 Å². The van der Waals surface area contributed by atoms with Gasteiger partial charge in [-0.3, -0.25) is 4.79 Å². The largest absolute Gasteiger partial charge is 0.460 e. The average Bonchev–Trinajstić information content (AvgIpc) is 2.95. The van der Waals surface area contributed by atoms with Crippen LogP contribution in [0.2, 0.25) is 0 Å². The van der Waals surface area contributed by atoms with E-state index in [1.165, 1.54) is 25.7 Å². The number of ether oxygens (including phenoxy) is 1. The fourth-order valence-electron chi connectivity index (χ4n) is 2.01. The van der Waals surface area contributed by atoms with E-state index in [1.54, 1.807) is 0 Å². The van der Waals surface area contributed by atoms with Crippen LogP contribution in [0.1, 0.15) is 38.5 Å². The number of carbonyl (C=O) groups is 1.